The number of methoxy groups -OCH3 is 1. The van der Waals surface area contributed by atoms with E-state index >= 15 is 0 Å². The number of fused-ring (bicyclic) bond motifs is 2. The fraction of sp³-hybridized carbons (Fsp3) is 0.765. The van der Waals surface area contributed by atoms with Crippen LogP contribution in [0.3, 0.4) is 0 Å². The van der Waals surface area contributed by atoms with E-state index in [4.69, 9.17) is 28.4 Å². The minimum absolute atomic E-state index is 0.0294. The van der Waals surface area contributed by atoms with Crippen LogP contribution in [0, 0.1) is 40.4 Å². The molecule has 2 bridgehead atoms. The molecule has 3 saturated heterocycles. The number of ether oxygens (including phenoxy) is 6. The van der Waals surface area contributed by atoms with Gasteiger partial charge in [-0.05, 0) is 36.7 Å². The number of rotatable bonds is 7. The van der Waals surface area contributed by atoms with Crippen molar-refractivity contribution in [1.29, 1.82) is 0 Å². The normalized spacial score (nSPS) is 48.2. The highest BCUT2D eigenvalue weighted by molar-refractivity contribution is 5.97. The fourth-order valence-corrected chi connectivity index (χ4v) is 9.69. The minimum Gasteiger partial charge on any atom is -0.467 e. The van der Waals surface area contributed by atoms with Crippen LogP contribution < -0.4 is 0 Å². The average molecular weight is 711 g/mol. The van der Waals surface area contributed by atoms with Crippen molar-refractivity contribution in [2.75, 3.05) is 20.3 Å². The Hall–Kier alpha value is -2.96. The quantitative estimate of drug-likeness (QED) is 0.0976. The second-order valence-corrected chi connectivity index (χ2v) is 15.1. The smallest absolute Gasteiger partial charge is 0.348 e. The molecule has 6 aliphatic rings. The predicted octanol–water partition coefficient (Wildman–Crippen LogP) is -1.73. The first kappa shape index (κ1) is 36.8. The maximum atomic E-state index is 13.8. The Bertz CT molecular complexity index is 1490. The van der Waals surface area contributed by atoms with Gasteiger partial charge in [0.05, 0.1) is 32.3 Å². The maximum Gasteiger partial charge on any atom is 0.348 e. The Balaban J connectivity index is 1.47. The number of Topliss-reactive ketones (excluding diaryl/α,β-unsaturated/α-hetero) is 1. The highest BCUT2D eigenvalue weighted by atomic mass is 16.7. The summed E-state index contributed by atoms with van der Waals surface area (Å²) in [6, 6.07) is 0. The molecule has 3 heterocycles. The van der Waals surface area contributed by atoms with Gasteiger partial charge >= 0.3 is 17.9 Å². The van der Waals surface area contributed by atoms with Crippen LogP contribution in [0.15, 0.2) is 23.5 Å². The van der Waals surface area contributed by atoms with Gasteiger partial charge in [0.2, 0.25) is 18.0 Å². The predicted molar refractivity (Wildman–Crippen MR) is 164 cm³/mol. The lowest BCUT2D eigenvalue weighted by Crippen LogP contribution is -2.79. The molecule has 16 atom stereocenters. The molecule has 0 aromatic heterocycles. The van der Waals surface area contributed by atoms with Gasteiger partial charge in [-0.2, -0.15) is 0 Å². The molecule has 0 radical (unpaired) electrons. The van der Waals surface area contributed by atoms with Gasteiger partial charge in [-0.3, -0.25) is 4.79 Å². The first-order valence-electron chi connectivity index (χ1n) is 16.8. The third-order valence-corrected chi connectivity index (χ3v) is 12.4. The van der Waals surface area contributed by atoms with Crippen molar-refractivity contribution in [2.24, 2.45) is 40.4 Å². The number of carbonyl (C=O) groups is 4. The summed E-state index contributed by atoms with van der Waals surface area (Å²) in [5, 5.41) is 64.8. The number of ketones is 1. The Morgan fingerprint density at radius 2 is 1.74 bits per heavy atom. The highest BCUT2D eigenvalue weighted by Gasteiger charge is 2.85. The molecule has 0 aromatic carbocycles. The van der Waals surface area contributed by atoms with Crippen molar-refractivity contribution in [2.45, 2.75) is 102 Å². The van der Waals surface area contributed by atoms with Crippen molar-refractivity contribution in [3.8, 4) is 0 Å². The van der Waals surface area contributed by atoms with Crippen LogP contribution in [-0.4, -0.2) is 135 Å². The van der Waals surface area contributed by atoms with Crippen LogP contribution in [0.1, 0.15) is 41.0 Å². The number of hydrogen-bond acceptors (Lipinski definition) is 16. The number of carbonyl (C=O) groups excluding carboxylic acids is 4. The molecule has 6 rings (SSSR count). The lowest BCUT2D eigenvalue weighted by atomic mass is 9.38. The lowest BCUT2D eigenvalue weighted by Gasteiger charge is -2.67. The first-order chi connectivity index (χ1) is 23.4. The molecule has 0 aromatic rings. The minimum atomic E-state index is -2.34. The number of hydrogen-bond donors (Lipinski definition) is 6. The van der Waals surface area contributed by atoms with E-state index in [0.717, 1.165) is 7.11 Å². The first-order valence-corrected chi connectivity index (χ1v) is 16.8. The zero-order valence-electron chi connectivity index (χ0n) is 28.6. The van der Waals surface area contributed by atoms with E-state index in [1.165, 1.54) is 12.2 Å². The zero-order chi connectivity index (χ0) is 36.8. The summed E-state index contributed by atoms with van der Waals surface area (Å²) < 4.78 is 34.4. The molecule has 16 heteroatoms. The molecule has 5 fully saturated rings. The van der Waals surface area contributed by atoms with Crippen LogP contribution >= 0.6 is 0 Å². The van der Waals surface area contributed by atoms with Gasteiger partial charge < -0.3 is 59.1 Å². The lowest BCUT2D eigenvalue weighted by molar-refractivity contribution is -0.296. The van der Waals surface area contributed by atoms with Gasteiger partial charge in [0.1, 0.15) is 36.6 Å². The van der Waals surface area contributed by atoms with Crippen LogP contribution in [0.2, 0.25) is 0 Å². The molecule has 0 amide bonds. The standard InChI is InChI=1S/C34H46O16/c1-12(2)13(3)7-19(36)50-25-27-33-11-46-34(27,31(44)45-6)28(42)24(41)26(33)32(5)9-16(20(37)14(4)15(32)8-18(33)49-29(25)43)47-30-23(40)22(39)21(38)17(10-35)48-30/h7,9,12,14-15,17-18,21-28,30,35,38-42H,8,10-11H2,1-6H3/b13-7+. The van der Waals surface area contributed by atoms with E-state index in [2.05, 4.69) is 0 Å². The van der Waals surface area contributed by atoms with Crippen LogP contribution in [-0.2, 0) is 47.6 Å². The molecular weight excluding hydrogens is 664 g/mol. The van der Waals surface area contributed by atoms with E-state index < -0.39 is 126 Å². The summed E-state index contributed by atoms with van der Waals surface area (Å²) in [7, 11) is 1.06. The number of esters is 3. The average Bonchev–Trinajstić information content (AvgIpc) is 3.38. The molecule has 3 aliphatic carbocycles. The van der Waals surface area contributed by atoms with E-state index in [-0.39, 0.29) is 24.7 Å². The summed E-state index contributed by atoms with van der Waals surface area (Å²) in [6.45, 7) is 7.69. The molecule has 6 N–H and O–H groups in total. The number of allylic oxidation sites excluding steroid dienone is 3. The Labute approximate surface area is 287 Å². The number of aliphatic hydroxyl groups is 6. The molecule has 3 aliphatic heterocycles. The van der Waals surface area contributed by atoms with Gasteiger partial charge in [-0.25, -0.2) is 14.4 Å². The van der Waals surface area contributed by atoms with Crippen molar-refractivity contribution >= 4 is 23.7 Å². The van der Waals surface area contributed by atoms with Crippen molar-refractivity contribution in [1.82, 2.24) is 0 Å². The summed E-state index contributed by atoms with van der Waals surface area (Å²) in [6.07, 6.45) is -12.2. The van der Waals surface area contributed by atoms with Gasteiger partial charge in [0.15, 0.2) is 11.5 Å². The molecule has 2 saturated carbocycles. The van der Waals surface area contributed by atoms with E-state index in [9.17, 15) is 49.8 Å². The SMILES string of the molecule is COC(=O)C12OCC34C(CC5C(C)C(=O)C(OC6OC(CO)C(O)C(O)C6O)=CC5(C)C3C(O)C1O)OC(=O)C(OC(=O)/C=C(\C)C(C)C)C24. The highest BCUT2D eigenvalue weighted by Crippen LogP contribution is 2.72. The van der Waals surface area contributed by atoms with E-state index in [1.54, 1.807) is 20.8 Å². The molecule has 16 nitrogen and oxygen atoms in total. The fourth-order valence-electron chi connectivity index (χ4n) is 9.69. The Kier molecular flexibility index (Phi) is 9.29. The van der Waals surface area contributed by atoms with E-state index in [0.29, 0.717) is 5.57 Å². The summed E-state index contributed by atoms with van der Waals surface area (Å²) in [5.74, 6) is -7.88. The third-order valence-electron chi connectivity index (χ3n) is 12.4. The summed E-state index contributed by atoms with van der Waals surface area (Å²) in [5.41, 5.74) is -4.45. The third kappa shape index (κ3) is 4.94. The van der Waals surface area contributed by atoms with Crippen molar-refractivity contribution in [3.63, 3.8) is 0 Å². The second-order valence-electron chi connectivity index (χ2n) is 15.1. The monoisotopic (exact) mass is 710 g/mol. The Morgan fingerprint density at radius 1 is 1.06 bits per heavy atom. The summed E-state index contributed by atoms with van der Waals surface area (Å²) in [4.78, 5) is 54.5. The molecule has 1 spiro atoms. The van der Waals surface area contributed by atoms with Gasteiger partial charge in [-0.15, -0.1) is 0 Å². The van der Waals surface area contributed by atoms with Crippen LogP contribution in [0.4, 0.5) is 0 Å². The molecule has 50 heavy (non-hydrogen) atoms. The largest absolute Gasteiger partial charge is 0.467 e. The maximum absolute atomic E-state index is 13.8. The van der Waals surface area contributed by atoms with Gasteiger partial charge in [-0.1, -0.05) is 33.3 Å². The van der Waals surface area contributed by atoms with Gasteiger partial charge in [0, 0.05) is 23.3 Å². The van der Waals surface area contributed by atoms with Crippen LogP contribution in [0.25, 0.3) is 0 Å². The Morgan fingerprint density at radius 3 is 2.36 bits per heavy atom. The molecule has 16 unspecified atom stereocenters. The van der Waals surface area contributed by atoms with Crippen molar-refractivity contribution < 1.29 is 78.2 Å². The van der Waals surface area contributed by atoms with Gasteiger partial charge in [0.25, 0.3) is 0 Å². The summed E-state index contributed by atoms with van der Waals surface area (Å²) >= 11 is 0. The van der Waals surface area contributed by atoms with Crippen molar-refractivity contribution in [3.05, 3.63) is 23.5 Å². The van der Waals surface area contributed by atoms with E-state index in [1.807, 2.05) is 13.8 Å². The topological polar surface area (TPSA) is 245 Å². The zero-order valence-corrected chi connectivity index (χ0v) is 28.6. The molecule has 278 valence electrons. The molecular formula is C34H46O16. The second kappa shape index (κ2) is 12.6. The van der Waals surface area contributed by atoms with Crippen LogP contribution in [0.5, 0.6) is 0 Å². The number of aliphatic hydroxyl groups excluding tert-OH is 6.